The number of carbonyl (C=O) groups excluding carboxylic acids is 1. The average Bonchev–Trinajstić information content (AvgIpc) is 2.90. The van der Waals surface area contributed by atoms with Gasteiger partial charge in [-0.25, -0.2) is 13.6 Å². The molecule has 0 aliphatic carbocycles. The lowest BCUT2D eigenvalue weighted by Crippen LogP contribution is -2.45. The monoisotopic (exact) mass is 451 g/mol. The number of carbonyl (C=O) groups is 1. The van der Waals surface area contributed by atoms with Crippen LogP contribution in [0.2, 0.25) is 0 Å². The summed E-state index contributed by atoms with van der Waals surface area (Å²) in [6.45, 7) is 5.17. The number of aromatic nitrogens is 2. The fourth-order valence-electron chi connectivity index (χ4n) is 4.01. The van der Waals surface area contributed by atoms with Crippen LogP contribution in [0.1, 0.15) is 57.5 Å². The van der Waals surface area contributed by atoms with Crippen molar-refractivity contribution >= 4 is 6.09 Å². The van der Waals surface area contributed by atoms with Crippen LogP contribution in [0.15, 0.2) is 0 Å². The van der Waals surface area contributed by atoms with Crippen LogP contribution in [0.5, 0.6) is 0 Å². The number of rotatable bonds is 4. The summed E-state index contributed by atoms with van der Waals surface area (Å²) in [5.41, 5.74) is -2.17. The van der Waals surface area contributed by atoms with Crippen LogP contribution in [-0.4, -0.2) is 62.8 Å². The summed E-state index contributed by atoms with van der Waals surface area (Å²) in [5.74, 6) is -3.31. The van der Waals surface area contributed by atoms with Gasteiger partial charge in [-0.2, -0.15) is 13.9 Å². The Labute approximate surface area is 178 Å². The number of halogens is 4. The molecule has 2 aliphatic rings. The van der Waals surface area contributed by atoms with Crippen molar-refractivity contribution in [3.8, 4) is 0 Å². The van der Waals surface area contributed by atoms with Gasteiger partial charge >= 0.3 is 6.09 Å². The van der Waals surface area contributed by atoms with Crippen LogP contribution in [0, 0.1) is 0 Å². The van der Waals surface area contributed by atoms with Crippen molar-refractivity contribution in [2.75, 3.05) is 13.2 Å². The smallest absolute Gasteiger partial charge is 0.410 e. The van der Waals surface area contributed by atoms with E-state index in [4.69, 9.17) is 9.47 Å². The number of hydrogen-bond acceptors (Lipinski definition) is 5. The molecule has 2 aliphatic heterocycles. The Bertz CT molecular complexity index is 824. The molecule has 1 aromatic rings. The first-order valence-electron chi connectivity index (χ1n) is 10.3. The molecule has 0 saturated carbocycles. The van der Waals surface area contributed by atoms with Crippen molar-refractivity contribution in [1.82, 2.24) is 14.7 Å². The molecular weight excluding hydrogens is 422 g/mol. The third-order valence-electron chi connectivity index (χ3n) is 5.42. The van der Waals surface area contributed by atoms with Gasteiger partial charge < -0.3 is 19.5 Å². The van der Waals surface area contributed by atoms with E-state index < -0.39 is 49.3 Å². The first-order valence-corrected chi connectivity index (χ1v) is 10.3. The van der Waals surface area contributed by atoms with E-state index in [0.717, 1.165) is 4.68 Å². The normalized spacial score (nSPS) is 25.7. The SMILES string of the molecule is CC1Cc2nn3c(c2CN1C(=O)OC(C)(C)C)C(F)(F)CCC(O)(COCC(F)F)C3. The number of nitrogens with zero attached hydrogens (tertiary/aromatic N) is 3. The first-order chi connectivity index (χ1) is 14.2. The molecule has 11 heteroatoms. The van der Waals surface area contributed by atoms with Gasteiger partial charge in [0.2, 0.25) is 0 Å². The van der Waals surface area contributed by atoms with Gasteiger partial charge in [-0.15, -0.1) is 0 Å². The zero-order chi connectivity index (χ0) is 23.2. The molecule has 2 unspecified atom stereocenters. The molecular formula is C20H29F4N3O4. The van der Waals surface area contributed by atoms with Crippen LogP contribution in [0.3, 0.4) is 0 Å². The summed E-state index contributed by atoms with van der Waals surface area (Å²) < 4.78 is 66.2. The van der Waals surface area contributed by atoms with Gasteiger partial charge in [0, 0.05) is 24.4 Å². The Morgan fingerprint density at radius 1 is 1.32 bits per heavy atom. The predicted octanol–water partition coefficient (Wildman–Crippen LogP) is 3.46. The van der Waals surface area contributed by atoms with Gasteiger partial charge in [-0.3, -0.25) is 4.68 Å². The molecule has 0 spiro atoms. The fourth-order valence-corrected chi connectivity index (χ4v) is 4.01. The lowest BCUT2D eigenvalue weighted by atomic mass is 9.94. The summed E-state index contributed by atoms with van der Waals surface area (Å²) in [4.78, 5) is 14.0. The number of alkyl halides is 4. The van der Waals surface area contributed by atoms with E-state index in [9.17, 15) is 18.7 Å². The van der Waals surface area contributed by atoms with Crippen LogP contribution in [0.4, 0.5) is 22.4 Å². The van der Waals surface area contributed by atoms with Crippen LogP contribution >= 0.6 is 0 Å². The minimum Gasteiger partial charge on any atom is -0.444 e. The second-order valence-corrected chi connectivity index (χ2v) is 9.43. The zero-order valence-electron chi connectivity index (χ0n) is 18.1. The molecule has 31 heavy (non-hydrogen) atoms. The molecule has 1 aromatic heterocycles. The average molecular weight is 451 g/mol. The molecule has 1 N–H and O–H groups in total. The van der Waals surface area contributed by atoms with E-state index in [1.807, 2.05) is 0 Å². The van der Waals surface area contributed by atoms with Gasteiger partial charge in [0.1, 0.15) is 23.5 Å². The summed E-state index contributed by atoms with van der Waals surface area (Å²) in [6.07, 6.45) is -4.09. The molecule has 0 bridgehead atoms. The van der Waals surface area contributed by atoms with Crippen LogP contribution < -0.4 is 0 Å². The van der Waals surface area contributed by atoms with E-state index in [0.29, 0.717) is 5.69 Å². The molecule has 3 rings (SSSR count). The van der Waals surface area contributed by atoms with E-state index in [2.05, 4.69) is 5.10 Å². The zero-order valence-corrected chi connectivity index (χ0v) is 18.1. The van der Waals surface area contributed by atoms with E-state index in [-0.39, 0.29) is 43.2 Å². The fraction of sp³-hybridized carbons (Fsp3) is 0.800. The molecule has 176 valence electrons. The first kappa shape index (κ1) is 23.8. The summed E-state index contributed by atoms with van der Waals surface area (Å²) in [7, 11) is 0. The second kappa shape index (κ2) is 8.23. The van der Waals surface area contributed by atoms with Crippen molar-refractivity contribution in [1.29, 1.82) is 0 Å². The van der Waals surface area contributed by atoms with Gasteiger partial charge in [0.05, 0.1) is 25.4 Å². The Morgan fingerprint density at radius 2 is 2.00 bits per heavy atom. The Kier molecular flexibility index (Phi) is 6.31. The summed E-state index contributed by atoms with van der Waals surface area (Å²) in [5, 5.41) is 15.1. The number of fused-ring (bicyclic) bond motifs is 3. The maximum absolute atomic E-state index is 15.1. The molecule has 7 nitrogen and oxygen atoms in total. The predicted molar refractivity (Wildman–Crippen MR) is 102 cm³/mol. The van der Waals surface area contributed by atoms with Gasteiger partial charge in [-0.05, 0) is 34.1 Å². The van der Waals surface area contributed by atoms with Gasteiger partial charge in [0.15, 0.2) is 0 Å². The standard InChI is InChI=1S/C20H29F4N3O4/c1-12-7-14-13(8-26(12)17(28)31-18(2,3)4)16-20(23,24)6-5-19(29,10-27(16)25-14)11-30-9-15(21)22/h12,15,29H,5-11H2,1-4H3. The van der Waals surface area contributed by atoms with Gasteiger partial charge in [-0.1, -0.05) is 0 Å². The largest absolute Gasteiger partial charge is 0.444 e. The number of hydrogen-bond donors (Lipinski definition) is 1. The molecule has 1 amide bonds. The third kappa shape index (κ3) is 5.31. The third-order valence-corrected chi connectivity index (χ3v) is 5.42. The maximum atomic E-state index is 15.1. The number of aliphatic hydroxyl groups is 1. The topological polar surface area (TPSA) is 76.8 Å². The Hall–Kier alpha value is -1.88. The molecule has 0 aromatic carbocycles. The van der Waals surface area contributed by atoms with Crippen LogP contribution in [0.25, 0.3) is 0 Å². The van der Waals surface area contributed by atoms with E-state index in [1.165, 1.54) is 4.90 Å². The molecule has 0 fully saturated rings. The van der Waals surface area contributed by atoms with Gasteiger partial charge in [0.25, 0.3) is 12.3 Å². The molecule has 0 saturated heterocycles. The lowest BCUT2D eigenvalue weighted by Gasteiger charge is -2.35. The van der Waals surface area contributed by atoms with Crippen molar-refractivity contribution in [3.05, 3.63) is 17.0 Å². The Balaban J connectivity index is 1.89. The molecule has 3 heterocycles. The Morgan fingerprint density at radius 3 is 2.61 bits per heavy atom. The van der Waals surface area contributed by atoms with Crippen LogP contribution in [-0.2, 0) is 34.9 Å². The highest BCUT2D eigenvalue weighted by molar-refractivity contribution is 5.69. The highest BCUT2D eigenvalue weighted by atomic mass is 19.3. The minimum atomic E-state index is -3.31. The van der Waals surface area contributed by atoms with E-state index in [1.54, 1.807) is 27.7 Å². The number of amides is 1. The molecule has 2 atom stereocenters. The number of ether oxygens (including phenoxy) is 2. The quantitative estimate of drug-likeness (QED) is 0.710. The van der Waals surface area contributed by atoms with Crippen molar-refractivity contribution in [2.45, 2.75) is 89.6 Å². The minimum absolute atomic E-state index is 0.0867. The highest BCUT2D eigenvalue weighted by Gasteiger charge is 2.48. The lowest BCUT2D eigenvalue weighted by molar-refractivity contribution is -0.0927. The second-order valence-electron chi connectivity index (χ2n) is 9.43. The van der Waals surface area contributed by atoms with E-state index >= 15 is 8.78 Å². The summed E-state index contributed by atoms with van der Waals surface area (Å²) >= 11 is 0. The van der Waals surface area contributed by atoms with Crippen molar-refractivity contribution < 1.29 is 36.9 Å². The van der Waals surface area contributed by atoms with Crippen molar-refractivity contribution in [2.24, 2.45) is 0 Å². The van der Waals surface area contributed by atoms with Crippen molar-refractivity contribution in [3.63, 3.8) is 0 Å². The molecule has 0 radical (unpaired) electrons. The summed E-state index contributed by atoms with van der Waals surface area (Å²) in [6, 6.07) is -0.316. The maximum Gasteiger partial charge on any atom is 0.410 e. The highest BCUT2D eigenvalue weighted by Crippen LogP contribution is 2.43.